The van der Waals surface area contributed by atoms with E-state index in [0.29, 0.717) is 0 Å². The summed E-state index contributed by atoms with van der Waals surface area (Å²) in [6.45, 7) is 0.774. The molecule has 1 aliphatic heterocycles. The van der Waals surface area contributed by atoms with E-state index in [1.54, 1.807) is 0 Å². The molecule has 1 heterocycles. The number of nitrogen functional groups attached to an aromatic ring is 1. The standard InChI is InChI=1S/C15H16N2O/c16-13-4-1-10(2-5-13)15(17)12-3-6-14-11(9-12)7-8-18-14/h1-6,9,15H,7-8,16-17H2. The van der Waals surface area contributed by atoms with Crippen LogP contribution in [0.5, 0.6) is 5.75 Å². The van der Waals surface area contributed by atoms with Gasteiger partial charge in [-0.25, -0.2) is 0 Å². The van der Waals surface area contributed by atoms with E-state index in [9.17, 15) is 0 Å². The van der Waals surface area contributed by atoms with Crippen molar-refractivity contribution in [3.05, 3.63) is 59.2 Å². The summed E-state index contributed by atoms with van der Waals surface area (Å²) in [6.07, 6.45) is 0.970. The van der Waals surface area contributed by atoms with Gasteiger partial charge in [0.25, 0.3) is 0 Å². The van der Waals surface area contributed by atoms with Crippen LogP contribution in [-0.2, 0) is 6.42 Å². The Bertz CT molecular complexity index is 563. The second-order valence-electron chi connectivity index (χ2n) is 4.61. The van der Waals surface area contributed by atoms with Crippen LogP contribution in [0.15, 0.2) is 42.5 Å². The smallest absolute Gasteiger partial charge is 0.122 e. The summed E-state index contributed by atoms with van der Waals surface area (Å²) in [5.41, 5.74) is 16.2. The van der Waals surface area contributed by atoms with Gasteiger partial charge in [-0.3, -0.25) is 0 Å². The fraction of sp³-hybridized carbons (Fsp3) is 0.200. The Morgan fingerprint density at radius 3 is 2.50 bits per heavy atom. The molecule has 1 atom stereocenters. The summed E-state index contributed by atoms with van der Waals surface area (Å²) in [6, 6.07) is 13.8. The Morgan fingerprint density at radius 2 is 1.72 bits per heavy atom. The first kappa shape index (κ1) is 11.1. The quantitative estimate of drug-likeness (QED) is 0.791. The number of hydrogen-bond acceptors (Lipinski definition) is 3. The fourth-order valence-electron chi connectivity index (χ4n) is 2.30. The van der Waals surface area contributed by atoms with E-state index in [1.165, 1.54) is 5.56 Å². The molecule has 0 fully saturated rings. The van der Waals surface area contributed by atoms with Crippen molar-refractivity contribution < 1.29 is 4.74 Å². The number of rotatable bonds is 2. The first-order valence-corrected chi connectivity index (χ1v) is 6.11. The molecule has 3 nitrogen and oxygen atoms in total. The third-order valence-electron chi connectivity index (χ3n) is 3.37. The van der Waals surface area contributed by atoms with Gasteiger partial charge in [0.15, 0.2) is 0 Å². The van der Waals surface area contributed by atoms with Gasteiger partial charge in [-0.2, -0.15) is 0 Å². The Labute approximate surface area is 106 Å². The van der Waals surface area contributed by atoms with Crippen LogP contribution < -0.4 is 16.2 Å². The van der Waals surface area contributed by atoms with Crippen LogP contribution in [0.1, 0.15) is 22.7 Å². The largest absolute Gasteiger partial charge is 0.493 e. The summed E-state index contributed by atoms with van der Waals surface area (Å²) >= 11 is 0. The van der Waals surface area contributed by atoms with Gasteiger partial charge in [0.2, 0.25) is 0 Å². The van der Waals surface area contributed by atoms with E-state index >= 15 is 0 Å². The van der Waals surface area contributed by atoms with Crippen molar-refractivity contribution in [1.29, 1.82) is 0 Å². The van der Waals surface area contributed by atoms with E-state index in [-0.39, 0.29) is 6.04 Å². The minimum atomic E-state index is -0.114. The molecule has 0 aromatic heterocycles. The molecule has 0 saturated heterocycles. The lowest BCUT2D eigenvalue weighted by molar-refractivity contribution is 0.357. The van der Waals surface area contributed by atoms with Crippen molar-refractivity contribution in [2.24, 2.45) is 5.73 Å². The van der Waals surface area contributed by atoms with Crippen LogP contribution in [0.2, 0.25) is 0 Å². The van der Waals surface area contributed by atoms with Crippen LogP contribution in [0.25, 0.3) is 0 Å². The second kappa shape index (κ2) is 4.35. The number of hydrogen-bond donors (Lipinski definition) is 2. The lowest BCUT2D eigenvalue weighted by Gasteiger charge is -2.13. The van der Waals surface area contributed by atoms with Crippen molar-refractivity contribution in [2.45, 2.75) is 12.5 Å². The topological polar surface area (TPSA) is 61.3 Å². The predicted octanol–water partition coefficient (Wildman–Crippen LogP) is 2.25. The average molecular weight is 240 g/mol. The maximum absolute atomic E-state index is 6.28. The zero-order valence-electron chi connectivity index (χ0n) is 10.1. The van der Waals surface area contributed by atoms with Crippen molar-refractivity contribution in [1.82, 2.24) is 0 Å². The van der Waals surface area contributed by atoms with Crippen LogP contribution in [0.4, 0.5) is 5.69 Å². The molecule has 2 aromatic rings. The number of anilines is 1. The van der Waals surface area contributed by atoms with Crippen LogP contribution in [0, 0.1) is 0 Å². The minimum absolute atomic E-state index is 0.114. The monoisotopic (exact) mass is 240 g/mol. The third-order valence-corrected chi connectivity index (χ3v) is 3.37. The van der Waals surface area contributed by atoms with Crippen LogP contribution in [-0.4, -0.2) is 6.61 Å². The summed E-state index contributed by atoms with van der Waals surface area (Å²) < 4.78 is 5.50. The van der Waals surface area contributed by atoms with Crippen molar-refractivity contribution in [3.63, 3.8) is 0 Å². The van der Waals surface area contributed by atoms with Crippen molar-refractivity contribution >= 4 is 5.69 Å². The molecule has 0 radical (unpaired) electrons. The molecule has 92 valence electrons. The number of nitrogens with two attached hydrogens (primary N) is 2. The van der Waals surface area contributed by atoms with Crippen molar-refractivity contribution in [2.75, 3.05) is 12.3 Å². The highest BCUT2D eigenvalue weighted by Crippen LogP contribution is 2.29. The van der Waals surface area contributed by atoms with Crippen molar-refractivity contribution in [3.8, 4) is 5.75 Å². The van der Waals surface area contributed by atoms with Crippen LogP contribution >= 0.6 is 0 Å². The second-order valence-corrected chi connectivity index (χ2v) is 4.61. The zero-order chi connectivity index (χ0) is 12.5. The first-order valence-electron chi connectivity index (χ1n) is 6.11. The molecule has 3 rings (SSSR count). The Morgan fingerprint density at radius 1 is 1.00 bits per heavy atom. The normalized spacial score (nSPS) is 14.9. The minimum Gasteiger partial charge on any atom is -0.493 e. The Kier molecular flexibility index (Phi) is 2.68. The summed E-state index contributed by atoms with van der Waals surface area (Å²) in [5, 5.41) is 0. The molecule has 1 unspecified atom stereocenters. The molecule has 0 spiro atoms. The fourth-order valence-corrected chi connectivity index (χ4v) is 2.30. The number of ether oxygens (including phenoxy) is 1. The average Bonchev–Trinajstić information content (AvgIpc) is 2.86. The first-order chi connectivity index (χ1) is 8.74. The van der Waals surface area contributed by atoms with Gasteiger partial charge in [-0.1, -0.05) is 24.3 Å². The molecular weight excluding hydrogens is 224 g/mol. The van der Waals surface area contributed by atoms with E-state index in [1.807, 2.05) is 36.4 Å². The molecule has 18 heavy (non-hydrogen) atoms. The Balaban J connectivity index is 1.92. The highest BCUT2D eigenvalue weighted by molar-refractivity contribution is 5.45. The van der Waals surface area contributed by atoms with Crippen LogP contribution in [0.3, 0.4) is 0 Å². The Hall–Kier alpha value is -2.00. The summed E-state index contributed by atoms with van der Waals surface area (Å²) in [4.78, 5) is 0. The third kappa shape index (κ3) is 1.93. The maximum Gasteiger partial charge on any atom is 0.122 e. The van der Waals surface area contributed by atoms with Gasteiger partial charge >= 0.3 is 0 Å². The van der Waals surface area contributed by atoms with Gasteiger partial charge < -0.3 is 16.2 Å². The lowest BCUT2D eigenvalue weighted by Crippen LogP contribution is -2.12. The maximum atomic E-state index is 6.28. The number of fused-ring (bicyclic) bond motifs is 1. The van der Waals surface area contributed by atoms with Gasteiger partial charge in [0.1, 0.15) is 5.75 Å². The van der Waals surface area contributed by atoms with E-state index in [4.69, 9.17) is 16.2 Å². The van der Waals surface area contributed by atoms with Gasteiger partial charge in [-0.15, -0.1) is 0 Å². The summed E-state index contributed by atoms with van der Waals surface area (Å²) in [7, 11) is 0. The molecule has 2 aromatic carbocycles. The van der Waals surface area contributed by atoms with Gasteiger partial charge in [-0.05, 0) is 34.9 Å². The van der Waals surface area contributed by atoms with Gasteiger partial charge in [0, 0.05) is 12.1 Å². The zero-order valence-corrected chi connectivity index (χ0v) is 10.1. The summed E-state index contributed by atoms with van der Waals surface area (Å²) in [5.74, 6) is 0.989. The lowest BCUT2D eigenvalue weighted by atomic mass is 9.97. The molecule has 0 amide bonds. The van der Waals surface area contributed by atoms with Gasteiger partial charge in [0.05, 0.1) is 12.6 Å². The number of benzene rings is 2. The van der Waals surface area contributed by atoms with E-state index < -0.39 is 0 Å². The molecule has 0 saturated carbocycles. The predicted molar refractivity (Wildman–Crippen MR) is 72.5 cm³/mol. The van der Waals surface area contributed by atoms with E-state index in [2.05, 4.69) is 6.07 Å². The highest BCUT2D eigenvalue weighted by Gasteiger charge is 2.15. The van der Waals surface area contributed by atoms with E-state index in [0.717, 1.165) is 35.6 Å². The molecule has 3 heteroatoms. The molecule has 1 aliphatic rings. The SMILES string of the molecule is Nc1ccc(C(N)c2ccc3c(c2)CCO3)cc1. The molecule has 0 bridgehead atoms. The molecule has 0 aliphatic carbocycles. The molecule has 4 N–H and O–H groups in total. The highest BCUT2D eigenvalue weighted by atomic mass is 16.5. The molecular formula is C15H16N2O.